The number of nitrogens with one attached hydrogen (secondary N) is 2. The molecular formula is C24H23N3O6. The Morgan fingerprint density at radius 1 is 0.758 bits per heavy atom. The summed E-state index contributed by atoms with van der Waals surface area (Å²) in [5.41, 5.74) is 1.76. The third-order valence-electron chi connectivity index (χ3n) is 4.64. The molecule has 0 fully saturated rings. The van der Waals surface area contributed by atoms with E-state index in [2.05, 4.69) is 10.6 Å². The van der Waals surface area contributed by atoms with E-state index in [9.17, 15) is 14.4 Å². The van der Waals surface area contributed by atoms with Gasteiger partial charge in [0.1, 0.15) is 11.4 Å². The molecule has 0 aliphatic carbocycles. The van der Waals surface area contributed by atoms with E-state index in [1.165, 1.54) is 25.2 Å². The number of carbonyl (C=O) groups is 3. The number of hydrogen-bond acceptors (Lipinski definition) is 7. The second-order valence-corrected chi connectivity index (χ2v) is 6.67. The average molecular weight is 449 g/mol. The molecule has 0 bridgehead atoms. The Morgan fingerprint density at radius 3 is 1.88 bits per heavy atom. The summed E-state index contributed by atoms with van der Waals surface area (Å²) in [7, 11) is 4.03. The van der Waals surface area contributed by atoms with Crippen LogP contribution in [0, 0.1) is 0 Å². The Bertz CT molecular complexity index is 1120. The molecule has 0 radical (unpaired) electrons. The van der Waals surface area contributed by atoms with Crippen LogP contribution in [0.15, 0.2) is 84.2 Å². The van der Waals surface area contributed by atoms with Crippen molar-refractivity contribution in [3.63, 3.8) is 0 Å². The van der Waals surface area contributed by atoms with Gasteiger partial charge in [0.25, 0.3) is 0 Å². The second-order valence-electron chi connectivity index (χ2n) is 6.67. The molecule has 1 aliphatic heterocycles. The molecule has 2 N–H and O–H groups in total. The molecule has 0 atom stereocenters. The third-order valence-corrected chi connectivity index (χ3v) is 4.64. The van der Waals surface area contributed by atoms with Gasteiger partial charge in [-0.2, -0.15) is 0 Å². The first-order chi connectivity index (χ1) is 16.0. The number of rotatable bonds is 6. The van der Waals surface area contributed by atoms with Crippen LogP contribution in [0.4, 0.5) is 21.9 Å². The molecular weight excluding hydrogens is 426 g/mol. The van der Waals surface area contributed by atoms with Gasteiger partial charge in [-0.15, -0.1) is 0 Å². The zero-order valence-corrected chi connectivity index (χ0v) is 18.3. The van der Waals surface area contributed by atoms with Crippen molar-refractivity contribution in [1.82, 2.24) is 0 Å². The summed E-state index contributed by atoms with van der Waals surface area (Å²) < 4.78 is 14.8. The van der Waals surface area contributed by atoms with Crippen LogP contribution in [0.2, 0.25) is 0 Å². The maximum absolute atomic E-state index is 12.5. The summed E-state index contributed by atoms with van der Waals surface area (Å²) in [5, 5.41) is 5.46. The highest BCUT2D eigenvalue weighted by atomic mass is 16.5. The lowest BCUT2D eigenvalue weighted by Crippen LogP contribution is -2.27. The number of ether oxygens (including phenoxy) is 3. The van der Waals surface area contributed by atoms with Crippen molar-refractivity contribution in [2.75, 3.05) is 36.9 Å². The van der Waals surface area contributed by atoms with E-state index in [4.69, 9.17) is 14.2 Å². The van der Waals surface area contributed by atoms with E-state index in [1.54, 1.807) is 74.0 Å². The lowest BCUT2D eigenvalue weighted by molar-refractivity contribution is -0.139. The summed E-state index contributed by atoms with van der Waals surface area (Å²) in [6.45, 7) is 0. The largest absolute Gasteiger partial charge is 0.497 e. The number of benzene rings is 2. The van der Waals surface area contributed by atoms with Gasteiger partial charge in [-0.05, 0) is 60.7 Å². The molecule has 0 saturated carbocycles. The van der Waals surface area contributed by atoms with E-state index in [1.807, 2.05) is 0 Å². The molecule has 2 aromatic carbocycles. The van der Waals surface area contributed by atoms with Crippen LogP contribution in [0.3, 0.4) is 0 Å². The number of amides is 2. The number of allylic oxidation sites excluding steroid dienone is 2. The van der Waals surface area contributed by atoms with Crippen molar-refractivity contribution < 1.29 is 28.6 Å². The molecule has 1 heterocycles. The molecule has 1 aliphatic rings. The number of urea groups is 1. The first-order valence-corrected chi connectivity index (χ1v) is 9.84. The lowest BCUT2D eigenvalue weighted by atomic mass is 10.1. The molecule has 0 aromatic heterocycles. The third kappa shape index (κ3) is 5.59. The van der Waals surface area contributed by atoms with Crippen molar-refractivity contribution in [2.24, 2.45) is 0 Å². The van der Waals surface area contributed by atoms with E-state index >= 15 is 0 Å². The Hall–Kier alpha value is -4.53. The zero-order chi connectivity index (χ0) is 23.8. The first-order valence-electron chi connectivity index (χ1n) is 9.84. The van der Waals surface area contributed by atoms with Crippen LogP contribution >= 0.6 is 0 Å². The van der Waals surface area contributed by atoms with Gasteiger partial charge in [0, 0.05) is 23.3 Å². The van der Waals surface area contributed by atoms with Gasteiger partial charge in [0.05, 0.1) is 26.9 Å². The van der Waals surface area contributed by atoms with Crippen LogP contribution in [0.1, 0.15) is 0 Å². The minimum atomic E-state index is -0.701. The number of nitrogens with zero attached hydrogens (tertiary/aromatic N) is 1. The second kappa shape index (κ2) is 10.7. The minimum Gasteiger partial charge on any atom is -0.497 e. The van der Waals surface area contributed by atoms with Gasteiger partial charge in [0.2, 0.25) is 0 Å². The van der Waals surface area contributed by atoms with E-state index in [0.29, 0.717) is 22.8 Å². The number of anilines is 3. The summed E-state index contributed by atoms with van der Waals surface area (Å²) >= 11 is 0. The Balaban J connectivity index is 1.79. The highest BCUT2D eigenvalue weighted by molar-refractivity contribution is 6.05. The highest BCUT2D eigenvalue weighted by Crippen LogP contribution is 2.27. The zero-order valence-electron chi connectivity index (χ0n) is 18.3. The van der Waals surface area contributed by atoms with Gasteiger partial charge in [0.15, 0.2) is 0 Å². The Kier molecular flexibility index (Phi) is 7.48. The quantitative estimate of drug-likeness (QED) is 0.646. The molecule has 2 amide bonds. The highest BCUT2D eigenvalue weighted by Gasteiger charge is 2.27. The molecule has 0 unspecified atom stereocenters. The van der Waals surface area contributed by atoms with E-state index in [0.717, 1.165) is 0 Å². The number of esters is 2. The topological polar surface area (TPSA) is 106 Å². The maximum Gasteiger partial charge on any atom is 0.355 e. The predicted octanol–water partition coefficient (Wildman–Crippen LogP) is 3.83. The SMILES string of the molecule is COC(=O)C1=C(C(=O)OC)N(c2ccc(NC(=O)Nc3ccc(OC)cc3)cc2)C=CC=C1. The van der Waals surface area contributed by atoms with Crippen molar-refractivity contribution in [3.8, 4) is 5.75 Å². The van der Waals surface area contributed by atoms with Crippen LogP contribution in [-0.4, -0.2) is 39.3 Å². The van der Waals surface area contributed by atoms with Gasteiger partial charge in [-0.1, -0.05) is 6.08 Å². The summed E-state index contributed by atoms with van der Waals surface area (Å²) in [5.74, 6) is -0.688. The molecule has 9 heteroatoms. The first kappa shape index (κ1) is 23.1. The summed E-state index contributed by atoms with van der Waals surface area (Å²) in [4.78, 5) is 38.5. The van der Waals surface area contributed by atoms with Gasteiger partial charge >= 0.3 is 18.0 Å². The number of hydrogen-bond donors (Lipinski definition) is 2. The van der Waals surface area contributed by atoms with Gasteiger partial charge in [-0.25, -0.2) is 14.4 Å². The lowest BCUT2D eigenvalue weighted by Gasteiger charge is -2.23. The van der Waals surface area contributed by atoms with Crippen LogP contribution < -0.4 is 20.3 Å². The number of carbonyl (C=O) groups excluding carboxylic acids is 3. The minimum absolute atomic E-state index is 0.00677. The van der Waals surface area contributed by atoms with E-state index in [-0.39, 0.29) is 11.3 Å². The molecule has 9 nitrogen and oxygen atoms in total. The molecule has 0 saturated heterocycles. The summed E-state index contributed by atoms with van der Waals surface area (Å²) in [6, 6.07) is 13.2. The van der Waals surface area contributed by atoms with Crippen molar-refractivity contribution in [3.05, 3.63) is 84.2 Å². The van der Waals surface area contributed by atoms with Crippen LogP contribution in [-0.2, 0) is 19.1 Å². The van der Waals surface area contributed by atoms with Gasteiger partial charge < -0.3 is 29.7 Å². The van der Waals surface area contributed by atoms with Crippen LogP contribution in [0.25, 0.3) is 0 Å². The standard InChI is InChI=1S/C24H23N3O6/c1-31-19-13-9-17(10-14-19)26-24(30)25-16-7-11-18(12-8-16)27-15-5-4-6-20(22(28)32-2)21(27)23(29)33-3/h4-15H,1-3H3,(H2,25,26,30). The number of methoxy groups -OCH3 is 3. The fraction of sp³-hybridized carbons (Fsp3) is 0.125. The normalized spacial score (nSPS) is 12.6. The average Bonchev–Trinajstić information content (AvgIpc) is 3.07. The Labute approximate surface area is 190 Å². The molecule has 170 valence electrons. The monoisotopic (exact) mass is 449 g/mol. The van der Waals surface area contributed by atoms with Gasteiger partial charge in [-0.3, -0.25) is 0 Å². The van der Waals surface area contributed by atoms with E-state index < -0.39 is 18.0 Å². The molecule has 2 aromatic rings. The predicted molar refractivity (Wildman–Crippen MR) is 124 cm³/mol. The fourth-order valence-corrected chi connectivity index (χ4v) is 3.04. The van der Waals surface area contributed by atoms with Crippen LogP contribution in [0.5, 0.6) is 5.75 Å². The van der Waals surface area contributed by atoms with Crippen molar-refractivity contribution in [1.29, 1.82) is 0 Å². The smallest absolute Gasteiger partial charge is 0.355 e. The van der Waals surface area contributed by atoms with Crippen molar-refractivity contribution >= 4 is 35.0 Å². The van der Waals surface area contributed by atoms with Crippen molar-refractivity contribution in [2.45, 2.75) is 0 Å². The maximum atomic E-state index is 12.5. The Morgan fingerprint density at radius 2 is 1.33 bits per heavy atom. The molecule has 0 spiro atoms. The molecule has 3 rings (SSSR count). The molecule has 33 heavy (non-hydrogen) atoms. The fourth-order valence-electron chi connectivity index (χ4n) is 3.04. The summed E-state index contributed by atoms with van der Waals surface area (Å²) in [6.07, 6.45) is 6.40.